The van der Waals surface area contributed by atoms with E-state index in [0.29, 0.717) is 36.0 Å². The van der Waals surface area contributed by atoms with E-state index < -0.39 is 11.2 Å². The van der Waals surface area contributed by atoms with Gasteiger partial charge in [-0.25, -0.2) is 10.2 Å². The number of hydrogen-bond acceptors (Lipinski definition) is 6. The Bertz CT molecular complexity index is 1010. The molecule has 9 nitrogen and oxygen atoms in total. The van der Waals surface area contributed by atoms with E-state index in [2.05, 4.69) is 27.4 Å². The van der Waals surface area contributed by atoms with Crippen LogP contribution in [0.5, 0.6) is 11.5 Å². The van der Waals surface area contributed by atoms with Crippen LogP contribution in [0.3, 0.4) is 0 Å². The predicted octanol–water partition coefficient (Wildman–Crippen LogP) is 2.42. The molecule has 0 aliphatic rings. The van der Waals surface area contributed by atoms with Crippen LogP contribution in [0.25, 0.3) is 0 Å². The molecule has 0 spiro atoms. The number of H-pyrrole nitrogens is 2. The van der Waals surface area contributed by atoms with E-state index >= 15 is 0 Å². The molecule has 0 fully saturated rings. The van der Waals surface area contributed by atoms with Crippen LogP contribution in [0.15, 0.2) is 32.9 Å². The highest BCUT2D eigenvalue weighted by Gasteiger charge is 2.09. The molecule has 1 heterocycles. The fourth-order valence-corrected chi connectivity index (χ4v) is 2.93. The van der Waals surface area contributed by atoms with Crippen molar-refractivity contribution >= 4 is 12.1 Å². The highest BCUT2D eigenvalue weighted by Crippen LogP contribution is 2.28. The van der Waals surface area contributed by atoms with Crippen LogP contribution in [0.2, 0.25) is 0 Å². The Kier molecular flexibility index (Phi) is 9.54. The van der Waals surface area contributed by atoms with Gasteiger partial charge in [0.25, 0.3) is 5.56 Å². The summed E-state index contributed by atoms with van der Waals surface area (Å²) in [7, 11) is 0. The number of carbonyl (C=O) groups excluding carboxylic acids is 1. The van der Waals surface area contributed by atoms with Gasteiger partial charge in [-0.2, -0.15) is 5.10 Å². The normalized spacial score (nSPS) is 10.9. The molecule has 2 rings (SSSR count). The maximum atomic E-state index is 12.0. The number of aryl methyl sites for hydroxylation is 1. The van der Waals surface area contributed by atoms with Gasteiger partial charge in [0, 0.05) is 17.7 Å². The lowest BCUT2D eigenvalue weighted by Crippen LogP contribution is -2.28. The Morgan fingerprint density at radius 2 is 1.94 bits per heavy atom. The van der Waals surface area contributed by atoms with E-state index in [1.54, 1.807) is 13.0 Å². The fourth-order valence-electron chi connectivity index (χ4n) is 2.93. The van der Waals surface area contributed by atoms with E-state index in [9.17, 15) is 14.4 Å². The van der Waals surface area contributed by atoms with Gasteiger partial charge in [-0.3, -0.25) is 14.6 Å². The molecule has 0 saturated heterocycles. The summed E-state index contributed by atoms with van der Waals surface area (Å²) in [5, 5.41) is 3.97. The van der Waals surface area contributed by atoms with Crippen LogP contribution >= 0.6 is 0 Å². The summed E-state index contributed by atoms with van der Waals surface area (Å²) in [6.07, 6.45) is 5.00. The second-order valence-electron chi connectivity index (χ2n) is 7.00. The van der Waals surface area contributed by atoms with E-state index in [0.717, 1.165) is 24.8 Å². The van der Waals surface area contributed by atoms with Gasteiger partial charge >= 0.3 is 5.69 Å². The van der Waals surface area contributed by atoms with Crippen molar-refractivity contribution in [2.45, 2.75) is 52.9 Å². The smallest absolute Gasteiger partial charge is 0.325 e. The minimum Gasteiger partial charge on any atom is -0.490 e. The van der Waals surface area contributed by atoms with Crippen LogP contribution in [0.4, 0.5) is 0 Å². The summed E-state index contributed by atoms with van der Waals surface area (Å²) < 4.78 is 11.4. The highest BCUT2D eigenvalue weighted by atomic mass is 16.5. The third-order valence-electron chi connectivity index (χ3n) is 4.53. The van der Waals surface area contributed by atoms with Crippen molar-refractivity contribution in [2.75, 3.05) is 13.2 Å². The van der Waals surface area contributed by atoms with E-state index in [1.165, 1.54) is 6.21 Å². The maximum Gasteiger partial charge on any atom is 0.325 e. The van der Waals surface area contributed by atoms with Gasteiger partial charge in [-0.05, 0) is 50.5 Å². The predicted molar refractivity (Wildman–Crippen MR) is 119 cm³/mol. The van der Waals surface area contributed by atoms with E-state index in [4.69, 9.17) is 9.47 Å². The Morgan fingerprint density at radius 1 is 1.13 bits per heavy atom. The second-order valence-corrected chi connectivity index (χ2v) is 7.00. The minimum absolute atomic E-state index is 0.0576. The molecule has 0 aliphatic heterocycles. The summed E-state index contributed by atoms with van der Waals surface area (Å²) in [6.45, 7) is 6.80. The second kappa shape index (κ2) is 12.4. The average Bonchev–Trinajstić information content (AvgIpc) is 2.72. The summed E-state index contributed by atoms with van der Waals surface area (Å²) in [5.41, 5.74) is 2.95. The topological polar surface area (TPSA) is 126 Å². The molecule has 9 heteroatoms. The molecule has 1 amide bonds. The standard InChI is InChI=1S/C22H30N4O5/c1-4-6-7-12-31-18-10-8-16(13-19(18)30-5-2)14-23-26-20(27)11-9-17-15(3)24-22(29)25-21(17)28/h8,10,13-14H,4-7,9,11-12H2,1-3H3,(H,26,27)(H2,24,25,28,29)/b23-14+. The number of nitrogens with one attached hydrogen (secondary N) is 3. The molecule has 31 heavy (non-hydrogen) atoms. The number of hydrazone groups is 1. The zero-order chi connectivity index (χ0) is 22.6. The van der Waals surface area contributed by atoms with Crippen molar-refractivity contribution in [3.05, 3.63) is 55.9 Å². The molecule has 0 radical (unpaired) electrons. The summed E-state index contributed by atoms with van der Waals surface area (Å²) in [6, 6.07) is 5.46. The number of aromatic amines is 2. The molecular formula is C22H30N4O5. The molecule has 0 bridgehead atoms. The number of aromatic nitrogens is 2. The van der Waals surface area contributed by atoms with Gasteiger partial charge in [-0.1, -0.05) is 19.8 Å². The number of hydrogen-bond donors (Lipinski definition) is 3. The highest BCUT2D eigenvalue weighted by molar-refractivity contribution is 5.83. The zero-order valence-electron chi connectivity index (χ0n) is 18.2. The number of carbonyl (C=O) groups is 1. The Labute approximate surface area is 180 Å². The molecular weight excluding hydrogens is 400 g/mol. The molecule has 0 unspecified atom stereocenters. The first-order valence-corrected chi connectivity index (χ1v) is 10.5. The summed E-state index contributed by atoms with van der Waals surface area (Å²) in [4.78, 5) is 39.7. The molecule has 0 atom stereocenters. The Hall–Kier alpha value is -3.36. The van der Waals surface area contributed by atoms with E-state index in [1.807, 2.05) is 19.1 Å². The molecule has 1 aromatic carbocycles. The Morgan fingerprint density at radius 3 is 2.65 bits per heavy atom. The van der Waals surface area contributed by atoms with Gasteiger partial charge in [0.15, 0.2) is 11.5 Å². The van der Waals surface area contributed by atoms with Crippen LogP contribution in [-0.4, -0.2) is 35.3 Å². The van der Waals surface area contributed by atoms with Gasteiger partial charge in [0.05, 0.1) is 19.4 Å². The number of amides is 1. The zero-order valence-corrected chi connectivity index (χ0v) is 18.2. The summed E-state index contributed by atoms with van der Waals surface area (Å²) in [5.74, 6) is 0.963. The lowest BCUT2D eigenvalue weighted by molar-refractivity contribution is -0.121. The Balaban J connectivity index is 1.92. The maximum absolute atomic E-state index is 12.0. The number of benzene rings is 1. The van der Waals surface area contributed by atoms with Crippen LogP contribution in [0.1, 0.15) is 56.4 Å². The molecule has 0 saturated carbocycles. The van der Waals surface area contributed by atoms with Crippen molar-refractivity contribution in [3.8, 4) is 11.5 Å². The van der Waals surface area contributed by atoms with Crippen molar-refractivity contribution in [2.24, 2.45) is 5.10 Å². The van der Waals surface area contributed by atoms with Crippen LogP contribution in [0, 0.1) is 6.92 Å². The monoisotopic (exact) mass is 430 g/mol. The van der Waals surface area contributed by atoms with Gasteiger partial charge in [0.2, 0.25) is 5.91 Å². The van der Waals surface area contributed by atoms with Crippen molar-refractivity contribution in [1.29, 1.82) is 0 Å². The number of nitrogens with zero attached hydrogens (tertiary/aromatic N) is 1. The molecule has 3 N–H and O–H groups in total. The summed E-state index contributed by atoms with van der Waals surface area (Å²) >= 11 is 0. The number of ether oxygens (including phenoxy) is 2. The first kappa shape index (κ1) is 23.9. The SMILES string of the molecule is CCCCCOc1ccc(/C=N/NC(=O)CCc2c(C)[nH]c(=O)[nH]c2=O)cc1OCC. The quantitative estimate of drug-likeness (QED) is 0.271. The van der Waals surface area contributed by atoms with Crippen LogP contribution < -0.4 is 26.1 Å². The largest absolute Gasteiger partial charge is 0.490 e. The third-order valence-corrected chi connectivity index (χ3v) is 4.53. The first-order chi connectivity index (χ1) is 14.9. The van der Waals surface area contributed by atoms with E-state index in [-0.39, 0.29) is 18.7 Å². The van der Waals surface area contributed by atoms with Crippen molar-refractivity contribution in [3.63, 3.8) is 0 Å². The molecule has 0 aliphatic carbocycles. The molecule has 168 valence electrons. The fraction of sp³-hybridized carbons (Fsp3) is 0.455. The third kappa shape index (κ3) is 7.76. The van der Waals surface area contributed by atoms with Gasteiger partial charge in [0.1, 0.15) is 0 Å². The number of rotatable bonds is 12. The lowest BCUT2D eigenvalue weighted by Gasteiger charge is -2.12. The van der Waals surface area contributed by atoms with Gasteiger partial charge < -0.3 is 14.5 Å². The van der Waals surface area contributed by atoms with Crippen molar-refractivity contribution in [1.82, 2.24) is 15.4 Å². The average molecular weight is 431 g/mol. The minimum atomic E-state index is -0.566. The number of unbranched alkanes of at least 4 members (excludes halogenated alkanes) is 2. The first-order valence-electron chi connectivity index (χ1n) is 10.5. The lowest BCUT2D eigenvalue weighted by atomic mass is 10.1. The van der Waals surface area contributed by atoms with Crippen molar-refractivity contribution < 1.29 is 14.3 Å². The molecule has 2 aromatic rings. The van der Waals surface area contributed by atoms with Gasteiger partial charge in [-0.15, -0.1) is 0 Å². The molecule has 1 aromatic heterocycles. The van der Waals surface area contributed by atoms with Crippen LogP contribution in [-0.2, 0) is 11.2 Å².